The van der Waals surface area contributed by atoms with Crippen molar-refractivity contribution in [3.63, 3.8) is 0 Å². The van der Waals surface area contributed by atoms with Gasteiger partial charge in [0.2, 0.25) is 0 Å². The maximum Gasteiger partial charge on any atom is 0.418 e. The third-order valence-electron chi connectivity index (χ3n) is 9.08. The summed E-state index contributed by atoms with van der Waals surface area (Å²) in [6.45, 7) is 3.08. The van der Waals surface area contributed by atoms with E-state index in [1.807, 2.05) is 6.07 Å². The van der Waals surface area contributed by atoms with Gasteiger partial charge in [0, 0.05) is 59.9 Å². The Bertz CT molecular complexity index is 2310. The van der Waals surface area contributed by atoms with E-state index < -0.39 is 24.9 Å². The molecule has 50 heavy (non-hydrogen) atoms. The van der Waals surface area contributed by atoms with Crippen LogP contribution < -0.4 is 20.5 Å². The molecule has 0 spiro atoms. The van der Waals surface area contributed by atoms with Crippen LogP contribution >= 0.6 is 30.5 Å². The Balaban J connectivity index is 1.23. The highest BCUT2D eigenvalue weighted by molar-refractivity contribution is 7.61. The second-order valence-corrected chi connectivity index (χ2v) is 15.1. The van der Waals surface area contributed by atoms with Gasteiger partial charge >= 0.3 is 13.8 Å². The van der Waals surface area contributed by atoms with Crippen LogP contribution in [0.5, 0.6) is 5.75 Å². The van der Waals surface area contributed by atoms with Gasteiger partial charge in [0.15, 0.2) is 0 Å². The zero-order valence-corrected chi connectivity index (χ0v) is 28.9. The largest absolute Gasteiger partial charge is 0.491 e. The maximum absolute atomic E-state index is 14.5. The van der Waals surface area contributed by atoms with Crippen LogP contribution in [-0.4, -0.2) is 68.0 Å². The SMILES string of the molecule is Cc1nc2cc(C(F)(F)F)c(N3CCN(C4CC4)CC3)c(C#N)c2c(=O)n1CCOc1ccc(Cl)cc1-c1ccnc2c(P(=O)(O)O)csc12. The second-order valence-electron chi connectivity index (χ2n) is 12.2. The quantitative estimate of drug-likeness (QED) is 0.190. The number of benzene rings is 2. The van der Waals surface area contributed by atoms with E-state index in [0.717, 1.165) is 30.2 Å². The van der Waals surface area contributed by atoms with Crippen molar-refractivity contribution in [3.05, 3.63) is 74.2 Å². The van der Waals surface area contributed by atoms with E-state index in [0.29, 0.717) is 58.8 Å². The summed E-state index contributed by atoms with van der Waals surface area (Å²) in [4.78, 5) is 45.9. The van der Waals surface area contributed by atoms with E-state index >= 15 is 0 Å². The number of rotatable bonds is 8. The Kier molecular flexibility index (Phi) is 8.91. The fourth-order valence-electron chi connectivity index (χ4n) is 6.57. The van der Waals surface area contributed by atoms with E-state index in [1.165, 1.54) is 23.1 Å². The molecule has 0 amide bonds. The molecule has 260 valence electrons. The molecular weight excluding hydrogens is 716 g/mol. The Labute approximate surface area is 292 Å². The van der Waals surface area contributed by atoms with Gasteiger partial charge in [0.1, 0.15) is 29.6 Å². The van der Waals surface area contributed by atoms with Crippen molar-refractivity contribution in [2.24, 2.45) is 0 Å². The maximum atomic E-state index is 14.5. The summed E-state index contributed by atoms with van der Waals surface area (Å²) in [7, 11) is -4.59. The molecule has 2 aliphatic rings. The average Bonchev–Trinajstić information content (AvgIpc) is 3.82. The highest BCUT2D eigenvalue weighted by atomic mass is 35.5. The van der Waals surface area contributed by atoms with Gasteiger partial charge in [-0.25, -0.2) is 4.98 Å². The predicted octanol–water partition coefficient (Wildman–Crippen LogP) is 5.69. The molecular formula is C33H29ClF3N6O5PS. The van der Waals surface area contributed by atoms with Crippen molar-refractivity contribution >= 4 is 62.6 Å². The molecule has 1 saturated carbocycles. The lowest BCUT2D eigenvalue weighted by Gasteiger charge is -2.37. The molecule has 7 rings (SSSR count). The van der Waals surface area contributed by atoms with Crippen molar-refractivity contribution in [3.8, 4) is 22.9 Å². The van der Waals surface area contributed by atoms with Crippen molar-refractivity contribution in [2.45, 2.75) is 38.5 Å². The number of ether oxygens (including phenoxy) is 1. The smallest absolute Gasteiger partial charge is 0.418 e. The first-order valence-corrected chi connectivity index (χ1v) is 18.5. The average molecular weight is 745 g/mol. The number of alkyl halides is 3. The summed E-state index contributed by atoms with van der Waals surface area (Å²) in [6.07, 6.45) is -1.21. The van der Waals surface area contributed by atoms with Crippen molar-refractivity contribution in [1.29, 1.82) is 5.26 Å². The molecule has 11 nitrogen and oxygen atoms in total. The molecule has 1 aliphatic carbocycles. The topological polar surface area (TPSA) is 145 Å². The minimum atomic E-state index is -4.78. The van der Waals surface area contributed by atoms with Gasteiger partial charge in [-0.15, -0.1) is 11.3 Å². The standard InChI is InChI=1S/C33H29ClF3N6O5PS/c1-18-40-25-15-24(33(35,36)37)30(42-10-8-41(9-11-42)20-3-4-20)23(16-38)28(25)32(44)43(18)12-13-48-26-5-2-19(34)14-22(26)21-6-7-39-29-27(49(45,46)47)17-50-31(21)29/h2,5-7,14-15,17,20H,3-4,8-13H2,1H3,(H2,45,46,47). The summed E-state index contributed by atoms with van der Waals surface area (Å²) in [5.74, 6) is 0.497. The van der Waals surface area contributed by atoms with Crippen LogP contribution in [-0.2, 0) is 17.3 Å². The van der Waals surface area contributed by atoms with Gasteiger partial charge < -0.3 is 19.4 Å². The minimum absolute atomic E-state index is 0.0515. The highest BCUT2D eigenvalue weighted by Gasteiger charge is 2.40. The molecule has 1 saturated heterocycles. The molecule has 2 aromatic carbocycles. The number of nitrogens with zero attached hydrogens (tertiary/aromatic N) is 6. The predicted molar refractivity (Wildman–Crippen MR) is 185 cm³/mol. The molecule has 3 aromatic heterocycles. The summed E-state index contributed by atoms with van der Waals surface area (Å²) in [5.41, 5.74) is -1.26. The van der Waals surface area contributed by atoms with E-state index in [4.69, 9.17) is 16.3 Å². The zero-order valence-electron chi connectivity index (χ0n) is 26.4. The van der Waals surface area contributed by atoms with Crippen LogP contribution in [0.15, 0.2) is 46.7 Å². The number of hydrogen-bond donors (Lipinski definition) is 2. The first-order valence-electron chi connectivity index (χ1n) is 15.7. The Morgan fingerprint density at radius 3 is 2.54 bits per heavy atom. The number of fused-ring (bicyclic) bond motifs is 2. The lowest BCUT2D eigenvalue weighted by molar-refractivity contribution is -0.137. The van der Waals surface area contributed by atoms with Crippen LogP contribution in [0.25, 0.3) is 32.2 Å². The van der Waals surface area contributed by atoms with E-state index in [2.05, 4.69) is 14.9 Å². The monoisotopic (exact) mass is 744 g/mol. The number of halogens is 4. The Morgan fingerprint density at radius 1 is 1.14 bits per heavy atom. The van der Waals surface area contributed by atoms with Crippen LogP contribution in [0.3, 0.4) is 0 Å². The Hall–Kier alpha value is -4.03. The third-order valence-corrected chi connectivity index (χ3v) is 11.5. The van der Waals surface area contributed by atoms with Crippen LogP contribution in [0, 0.1) is 18.3 Å². The molecule has 5 aromatic rings. The zero-order chi connectivity index (χ0) is 35.5. The molecule has 0 atom stereocenters. The number of hydrogen-bond acceptors (Lipinski definition) is 9. The van der Waals surface area contributed by atoms with Gasteiger partial charge in [-0.3, -0.25) is 23.8 Å². The molecule has 2 N–H and O–H groups in total. The number of aryl methyl sites for hydroxylation is 1. The minimum Gasteiger partial charge on any atom is -0.491 e. The van der Waals surface area contributed by atoms with E-state index in [-0.39, 0.29) is 52.0 Å². The van der Waals surface area contributed by atoms with Gasteiger partial charge in [-0.1, -0.05) is 11.6 Å². The molecule has 0 radical (unpaired) electrons. The van der Waals surface area contributed by atoms with Gasteiger partial charge in [-0.2, -0.15) is 18.4 Å². The van der Waals surface area contributed by atoms with Crippen LogP contribution in [0.4, 0.5) is 18.9 Å². The fourth-order valence-corrected chi connectivity index (χ4v) is 8.89. The molecule has 1 aliphatic heterocycles. The van der Waals surface area contributed by atoms with Crippen molar-refractivity contribution in [2.75, 3.05) is 37.7 Å². The molecule has 0 unspecified atom stereocenters. The van der Waals surface area contributed by atoms with Crippen LogP contribution in [0.2, 0.25) is 5.02 Å². The third kappa shape index (κ3) is 6.36. The first kappa shape index (κ1) is 34.4. The van der Waals surface area contributed by atoms with Crippen LogP contribution in [0.1, 0.15) is 29.8 Å². The Morgan fingerprint density at radius 2 is 1.88 bits per heavy atom. The lowest BCUT2D eigenvalue weighted by Crippen LogP contribution is -2.48. The lowest BCUT2D eigenvalue weighted by atomic mass is 10.00. The molecule has 17 heteroatoms. The normalized spacial score (nSPS) is 15.9. The molecule has 0 bridgehead atoms. The molecule has 2 fully saturated rings. The van der Waals surface area contributed by atoms with Crippen molar-refractivity contribution in [1.82, 2.24) is 19.4 Å². The number of thiophene rings is 1. The summed E-state index contributed by atoms with van der Waals surface area (Å²) < 4.78 is 63.4. The first-order chi connectivity index (χ1) is 23.8. The summed E-state index contributed by atoms with van der Waals surface area (Å²) in [5, 5.41) is 11.6. The van der Waals surface area contributed by atoms with E-state index in [9.17, 15) is 37.6 Å². The number of anilines is 1. The highest BCUT2D eigenvalue weighted by Crippen LogP contribution is 2.44. The number of piperazine rings is 1. The molecule has 4 heterocycles. The fraction of sp³-hybridized carbons (Fsp3) is 0.333. The van der Waals surface area contributed by atoms with Crippen molar-refractivity contribution < 1.29 is 32.3 Å². The van der Waals surface area contributed by atoms with Gasteiger partial charge in [0.25, 0.3) is 5.56 Å². The second kappa shape index (κ2) is 12.9. The van der Waals surface area contributed by atoms with Gasteiger partial charge in [0.05, 0.1) is 44.5 Å². The van der Waals surface area contributed by atoms with Gasteiger partial charge in [-0.05, 0) is 50.1 Å². The summed E-state index contributed by atoms with van der Waals surface area (Å²) in [6, 6.07) is 9.78. The van der Waals surface area contributed by atoms with E-state index in [1.54, 1.807) is 29.2 Å². The number of nitriles is 1. The number of aromatic nitrogens is 3. The number of pyridine rings is 1. The summed E-state index contributed by atoms with van der Waals surface area (Å²) >= 11 is 7.45.